The Morgan fingerprint density at radius 2 is 1.60 bits per heavy atom. The summed E-state index contributed by atoms with van der Waals surface area (Å²) in [4.78, 5) is 22.0. The molecule has 0 atom stereocenters. The largest absolute Gasteiger partial charge is 0.450 e. The number of rotatable bonds is 3. The standard InChI is InChI=1S/C11H5BrF6O2/c12-7-2-1-5(3-6(7)10(13,14)15)8(19)4-9(20)11(16,17)18/h1-3H,4H2. The molecule has 0 radical (unpaired) electrons. The topological polar surface area (TPSA) is 34.1 Å². The van der Waals surface area contributed by atoms with E-state index >= 15 is 0 Å². The number of hydrogen-bond donors (Lipinski definition) is 0. The number of Topliss-reactive ketones (excluding diaryl/α,β-unsaturated/α-hetero) is 2. The molecule has 0 spiro atoms. The lowest BCUT2D eigenvalue weighted by atomic mass is 10.0. The zero-order valence-corrected chi connectivity index (χ0v) is 11.0. The smallest absolute Gasteiger partial charge is 0.294 e. The SMILES string of the molecule is O=C(CC(=O)C(F)(F)F)c1ccc(Br)c(C(F)(F)F)c1. The first kappa shape index (κ1) is 16.7. The summed E-state index contributed by atoms with van der Waals surface area (Å²) < 4.78 is 73.2. The van der Waals surface area contributed by atoms with Crippen LogP contribution in [0.2, 0.25) is 0 Å². The molecule has 1 rings (SSSR count). The molecular formula is C11H5BrF6O2. The predicted molar refractivity (Wildman–Crippen MR) is 59.2 cm³/mol. The predicted octanol–water partition coefficient (Wildman–Crippen LogP) is 4.17. The van der Waals surface area contributed by atoms with Crippen molar-refractivity contribution in [2.24, 2.45) is 0 Å². The fourth-order valence-electron chi connectivity index (χ4n) is 1.26. The molecule has 0 heterocycles. The molecule has 0 saturated heterocycles. The molecular weight excluding hydrogens is 358 g/mol. The Balaban J connectivity index is 3.04. The molecule has 20 heavy (non-hydrogen) atoms. The fourth-order valence-corrected chi connectivity index (χ4v) is 1.74. The van der Waals surface area contributed by atoms with Gasteiger partial charge in [-0.25, -0.2) is 0 Å². The Hall–Kier alpha value is -1.38. The van der Waals surface area contributed by atoms with Gasteiger partial charge in [0.1, 0.15) is 0 Å². The molecule has 0 aliphatic carbocycles. The molecule has 0 bridgehead atoms. The summed E-state index contributed by atoms with van der Waals surface area (Å²) in [5, 5.41) is 0. The van der Waals surface area contributed by atoms with Crippen molar-refractivity contribution in [2.75, 3.05) is 0 Å². The highest BCUT2D eigenvalue weighted by Crippen LogP contribution is 2.35. The quantitative estimate of drug-likeness (QED) is 0.459. The molecule has 0 unspecified atom stereocenters. The lowest BCUT2D eigenvalue weighted by molar-refractivity contribution is -0.170. The van der Waals surface area contributed by atoms with Crippen molar-refractivity contribution < 1.29 is 35.9 Å². The van der Waals surface area contributed by atoms with Gasteiger partial charge in [0, 0.05) is 10.0 Å². The molecule has 1 aromatic rings. The molecule has 9 heteroatoms. The molecule has 0 saturated carbocycles. The van der Waals surface area contributed by atoms with Gasteiger partial charge >= 0.3 is 12.4 Å². The first-order valence-electron chi connectivity index (χ1n) is 4.93. The van der Waals surface area contributed by atoms with Crippen LogP contribution in [-0.2, 0) is 11.0 Å². The van der Waals surface area contributed by atoms with Crippen molar-refractivity contribution >= 4 is 27.5 Å². The van der Waals surface area contributed by atoms with Crippen molar-refractivity contribution in [3.8, 4) is 0 Å². The monoisotopic (exact) mass is 362 g/mol. The van der Waals surface area contributed by atoms with Crippen molar-refractivity contribution in [1.82, 2.24) is 0 Å². The van der Waals surface area contributed by atoms with Gasteiger partial charge in [0.05, 0.1) is 12.0 Å². The van der Waals surface area contributed by atoms with E-state index in [2.05, 4.69) is 15.9 Å². The minimum atomic E-state index is -5.20. The second-order valence-electron chi connectivity index (χ2n) is 3.71. The van der Waals surface area contributed by atoms with Crippen LogP contribution in [0.15, 0.2) is 22.7 Å². The first-order chi connectivity index (χ1) is 8.93. The molecule has 0 fully saturated rings. The highest BCUT2D eigenvalue weighted by atomic mass is 79.9. The summed E-state index contributed by atoms with van der Waals surface area (Å²) in [6.45, 7) is 0. The van der Waals surface area contributed by atoms with Crippen LogP contribution >= 0.6 is 15.9 Å². The third kappa shape index (κ3) is 4.06. The zero-order chi connectivity index (χ0) is 15.7. The summed E-state index contributed by atoms with van der Waals surface area (Å²) in [6, 6.07) is 2.19. The second-order valence-corrected chi connectivity index (χ2v) is 4.57. The fraction of sp³-hybridized carbons (Fsp3) is 0.273. The number of halogens is 7. The average Bonchev–Trinajstić information content (AvgIpc) is 2.26. The van der Waals surface area contributed by atoms with E-state index in [1.54, 1.807) is 0 Å². The van der Waals surface area contributed by atoms with E-state index in [9.17, 15) is 35.9 Å². The van der Waals surface area contributed by atoms with Crippen LogP contribution in [-0.4, -0.2) is 17.7 Å². The highest BCUT2D eigenvalue weighted by Gasteiger charge is 2.39. The number of carbonyl (C=O) groups is 2. The van der Waals surface area contributed by atoms with Crippen LogP contribution in [0.5, 0.6) is 0 Å². The van der Waals surface area contributed by atoms with Gasteiger partial charge in [-0.05, 0) is 12.1 Å². The third-order valence-electron chi connectivity index (χ3n) is 2.23. The van der Waals surface area contributed by atoms with E-state index in [4.69, 9.17) is 0 Å². The van der Waals surface area contributed by atoms with Gasteiger partial charge in [-0.1, -0.05) is 22.0 Å². The summed E-state index contributed by atoms with van der Waals surface area (Å²) in [5.41, 5.74) is -1.82. The maximum Gasteiger partial charge on any atom is 0.450 e. The Labute approximate surface area is 116 Å². The first-order valence-corrected chi connectivity index (χ1v) is 5.72. The van der Waals surface area contributed by atoms with Crippen LogP contribution < -0.4 is 0 Å². The van der Waals surface area contributed by atoms with Gasteiger partial charge in [0.25, 0.3) is 0 Å². The highest BCUT2D eigenvalue weighted by molar-refractivity contribution is 9.10. The van der Waals surface area contributed by atoms with Gasteiger partial charge in [0.15, 0.2) is 5.78 Å². The minimum Gasteiger partial charge on any atom is -0.294 e. The molecule has 0 N–H and O–H groups in total. The van der Waals surface area contributed by atoms with Crippen LogP contribution in [0, 0.1) is 0 Å². The van der Waals surface area contributed by atoms with Crippen molar-refractivity contribution in [2.45, 2.75) is 18.8 Å². The number of ketones is 2. The van der Waals surface area contributed by atoms with E-state index in [-0.39, 0.29) is 4.47 Å². The maximum absolute atomic E-state index is 12.6. The average molecular weight is 363 g/mol. The lowest BCUT2D eigenvalue weighted by Gasteiger charge is -2.11. The number of carbonyl (C=O) groups excluding carboxylic acids is 2. The van der Waals surface area contributed by atoms with E-state index in [1.165, 1.54) is 0 Å². The summed E-state index contributed by atoms with van der Waals surface area (Å²) in [7, 11) is 0. The number of benzene rings is 1. The van der Waals surface area contributed by atoms with Gasteiger partial charge in [0.2, 0.25) is 5.78 Å². The Morgan fingerprint density at radius 1 is 1.05 bits per heavy atom. The van der Waals surface area contributed by atoms with Gasteiger partial charge in [-0.15, -0.1) is 0 Å². The van der Waals surface area contributed by atoms with Crippen LogP contribution in [0.25, 0.3) is 0 Å². The molecule has 1 aromatic carbocycles. The third-order valence-corrected chi connectivity index (χ3v) is 2.92. The van der Waals surface area contributed by atoms with Crippen molar-refractivity contribution in [1.29, 1.82) is 0 Å². The molecule has 110 valence electrons. The van der Waals surface area contributed by atoms with Crippen LogP contribution in [0.4, 0.5) is 26.3 Å². The van der Waals surface area contributed by atoms with E-state index in [0.29, 0.717) is 6.07 Å². The van der Waals surface area contributed by atoms with Gasteiger partial charge in [-0.2, -0.15) is 26.3 Å². The van der Waals surface area contributed by atoms with Gasteiger partial charge < -0.3 is 0 Å². The van der Waals surface area contributed by atoms with Crippen molar-refractivity contribution in [3.05, 3.63) is 33.8 Å². The van der Waals surface area contributed by atoms with E-state index in [1.807, 2.05) is 0 Å². The molecule has 0 aliphatic rings. The van der Waals surface area contributed by atoms with Gasteiger partial charge in [-0.3, -0.25) is 9.59 Å². The maximum atomic E-state index is 12.6. The minimum absolute atomic E-state index is 0.358. The molecule has 0 aromatic heterocycles. The van der Waals surface area contributed by atoms with Crippen LogP contribution in [0.3, 0.4) is 0 Å². The van der Waals surface area contributed by atoms with E-state index < -0.39 is 41.5 Å². The molecule has 0 amide bonds. The Morgan fingerprint density at radius 3 is 2.05 bits per heavy atom. The summed E-state index contributed by atoms with van der Waals surface area (Å²) >= 11 is 2.62. The molecule has 0 aliphatic heterocycles. The normalized spacial score (nSPS) is 12.3. The molecule has 2 nitrogen and oxygen atoms in total. The van der Waals surface area contributed by atoms with Crippen molar-refractivity contribution in [3.63, 3.8) is 0 Å². The Kier molecular flexibility index (Phi) is 4.62. The van der Waals surface area contributed by atoms with E-state index in [0.717, 1.165) is 12.1 Å². The van der Waals surface area contributed by atoms with Crippen LogP contribution in [0.1, 0.15) is 22.3 Å². The number of alkyl halides is 6. The summed E-state index contributed by atoms with van der Waals surface area (Å²) in [5.74, 6) is -3.63. The summed E-state index contributed by atoms with van der Waals surface area (Å²) in [6.07, 6.45) is -11.5. The lowest BCUT2D eigenvalue weighted by Crippen LogP contribution is -2.25. The zero-order valence-electron chi connectivity index (χ0n) is 9.40. The second kappa shape index (κ2) is 5.55. The number of hydrogen-bond acceptors (Lipinski definition) is 2. The Bertz CT molecular complexity index is 547.